The maximum atomic E-state index is 11.2. The van der Waals surface area contributed by atoms with Gasteiger partial charge in [-0.3, -0.25) is 4.98 Å². The summed E-state index contributed by atoms with van der Waals surface area (Å²) in [4.78, 5) is 21.6. The summed E-state index contributed by atoms with van der Waals surface area (Å²) in [5.41, 5.74) is 7.20. The molecule has 0 aliphatic carbocycles. The number of nitrogens with two attached hydrogens (primary N) is 1. The lowest BCUT2D eigenvalue weighted by atomic mass is 10.1. The van der Waals surface area contributed by atoms with Crippen LogP contribution in [-0.4, -0.2) is 20.6 Å². The topological polar surface area (TPSA) is 85.8 Å². The van der Waals surface area contributed by atoms with Gasteiger partial charge in [0.1, 0.15) is 10.9 Å². The smallest absolute Gasteiger partial charge is 0.312 e. The molecule has 3 N–H and O–H groups in total. The molecule has 27 heavy (non-hydrogen) atoms. The normalized spacial score (nSPS) is 10.9. The molecule has 3 aromatic rings. The van der Waals surface area contributed by atoms with Crippen LogP contribution in [0.4, 0.5) is 4.79 Å². The Labute approximate surface area is 163 Å². The maximum absolute atomic E-state index is 11.2. The number of hydrogen-bond donors (Lipinski definition) is 2. The van der Waals surface area contributed by atoms with Gasteiger partial charge >= 0.3 is 6.03 Å². The Morgan fingerprint density at radius 1 is 1.19 bits per heavy atom. The molecule has 0 aliphatic heterocycles. The van der Waals surface area contributed by atoms with Gasteiger partial charge in [-0.1, -0.05) is 49.9 Å². The number of hydrogen-bond acceptors (Lipinski definition) is 4. The number of amides is 2. The lowest BCUT2D eigenvalue weighted by Gasteiger charge is -2.13. The SMILES string of the molecule is CC(C)c1nc(CNC(N)=O)n(Cc2ccccn2)c1Sc1ccccc1. The van der Waals surface area contributed by atoms with Crippen LogP contribution in [0, 0.1) is 0 Å². The first kappa shape index (κ1) is 19.0. The van der Waals surface area contributed by atoms with Crippen molar-refractivity contribution >= 4 is 17.8 Å². The number of nitrogens with zero attached hydrogens (tertiary/aromatic N) is 3. The monoisotopic (exact) mass is 381 g/mol. The number of pyridine rings is 1. The van der Waals surface area contributed by atoms with Gasteiger partial charge in [0.2, 0.25) is 0 Å². The second-order valence-electron chi connectivity index (χ2n) is 6.41. The van der Waals surface area contributed by atoms with Crippen molar-refractivity contribution in [1.82, 2.24) is 19.9 Å². The van der Waals surface area contributed by atoms with Gasteiger partial charge in [-0.05, 0) is 30.2 Å². The van der Waals surface area contributed by atoms with Crippen LogP contribution in [0.25, 0.3) is 0 Å². The first-order valence-corrected chi connectivity index (χ1v) is 9.61. The molecule has 0 atom stereocenters. The molecule has 0 aliphatic rings. The number of benzene rings is 1. The number of carbonyl (C=O) groups is 1. The zero-order chi connectivity index (χ0) is 19.2. The summed E-state index contributed by atoms with van der Waals surface area (Å²) in [6, 6.07) is 15.5. The standard InChI is InChI=1S/C20H23N5OS/c1-14(2)18-19(27-16-9-4-3-5-10-16)25(13-15-8-6-7-11-22-15)17(24-18)12-23-20(21)26/h3-11,14H,12-13H2,1-2H3,(H3,21,23,26). The summed E-state index contributed by atoms with van der Waals surface area (Å²) < 4.78 is 2.12. The van der Waals surface area contributed by atoms with Crippen LogP contribution in [-0.2, 0) is 13.1 Å². The molecule has 2 amide bonds. The van der Waals surface area contributed by atoms with E-state index in [0.29, 0.717) is 6.54 Å². The molecule has 0 unspecified atom stereocenters. The number of urea groups is 1. The van der Waals surface area contributed by atoms with E-state index < -0.39 is 6.03 Å². The van der Waals surface area contributed by atoms with Crippen molar-refractivity contribution in [2.24, 2.45) is 5.73 Å². The van der Waals surface area contributed by atoms with Crippen molar-refractivity contribution in [1.29, 1.82) is 0 Å². The molecule has 2 aromatic heterocycles. The first-order valence-electron chi connectivity index (χ1n) is 8.80. The highest BCUT2D eigenvalue weighted by molar-refractivity contribution is 7.99. The fraction of sp³-hybridized carbons (Fsp3) is 0.250. The average molecular weight is 382 g/mol. The molecule has 2 heterocycles. The van der Waals surface area contributed by atoms with Crippen LogP contribution in [0.3, 0.4) is 0 Å². The number of nitrogens with one attached hydrogen (secondary N) is 1. The largest absolute Gasteiger partial charge is 0.352 e. The molecule has 0 bridgehead atoms. The van der Waals surface area contributed by atoms with Gasteiger partial charge in [-0.2, -0.15) is 0 Å². The third-order valence-corrected chi connectivity index (χ3v) is 5.13. The minimum Gasteiger partial charge on any atom is -0.352 e. The van der Waals surface area contributed by atoms with Crippen LogP contribution in [0.15, 0.2) is 64.6 Å². The molecule has 3 rings (SSSR count). The Hall–Kier alpha value is -2.80. The molecule has 0 saturated heterocycles. The van der Waals surface area contributed by atoms with Crippen LogP contribution in [0.1, 0.15) is 37.0 Å². The van der Waals surface area contributed by atoms with Gasteiger partial charge < -0.3 is 15.6 Å². The Morgan fingerprint density at radius 2 is 1.93 bits per heavy atom. The molecular weight excluding hydrogens is 358 g/mol. The van der Waals surface area contributed by atoms with E-state index >= 15 is 0 Å². The van der Waals surface area contributed by atoms with E-state index in [2.05, 4.69) is 40.8 Å². The number of carbonyl (C=O) groups excluding carboxylic acids is 1. The quantitative estimate of drug-likeness (QED) is 0.652. The van der Waals surface area contributed by atoms with Crippen molar-refractivity contribution < 1.29 is 4.79 Å². The molecule has 0 fully saturated rings. The van der Waals surface area contributed by atoms with Crippen LogP contribution >= 0.6 is 11.8 Å². The zero-order valence-corrected chi connectivity index (χ0v) is 16.2. The third kappa shape index (κ3) is 4.89. The highest BCUT2D eigenvalue weighted by atomic mass is 32.2. The fourth-order valence-corrected chi connectivity index (χ4v) is 3.89. The Kier molecular flexibility index (Phi) is 6.13. The average Bonchev–Trinajstić information content (AvgIpc) is 2.99. The molecular formula is C20H23N5OS. The molecule has 6 nitrogen and oxygen atoms in total. The molecule has 140 valence electrons. The second kappa shape index (κ2) is 8.73. The first-order chi connectivity index (χ1) is 13.0. The zero-order valence-electron chi connectivity index (χ0n) is 15.4. The highest BCUT2D eigenvalue weighted by Gasteiger charge is 2.21. The van der Waals surface area contributed by atoms with Crippen molar-refractivity contribution in [2.45, 2.75) is 42.8 Å². The van der Waals surface area contributed by atoms with E-state index in [-0.39, 0.29) is 12.5 Å². The van der Waals surface area contributed by atoms with Crippen LogP contribution in [0.2, 0.25) is 0 Å². The highest BCUT2D eigenvalue weighted by Crippen LogP contribution is 2.35. The second-order valence-corrected chi connectivity index (χ2v) is 7.48. The summed E-state index contributed by atoms with van der Waals surface area (Å²) in [6.45, 7) is 5.09. The van der Waals surface area contributed by atoms with Crippen molar-refractivity contribution in [3.8, 4) is 0 Å². The van der Waals surface area contributed by atoms with Gasteiger partial charge in [0, 0.05) is 11.1 Å². The molecule has 1 aromatic carbocycles. The summed E-state index contributed by atoms with van der Waals surface area (Å²) in [5, 5.41) is 3.72. The summed E-state index contributed by atoms with van der Waals surface area (Å²) in [6.07, 6.45) is 1.78. The van der Waals surface area contributed by atoms with E-state index in [0.717, 1.165) is 27.1 Å². The number of primary amides is 1. The van der Waals surface area contributed by atoms with Crippen molar-refractivity contribution in [2.75, 3.05) is 0 Å². The Balaban J connectivity index is 2.04. The number of aromatic nitrogens is 3. The van der Waals surface area contributed by atoms with Gasteiger partial charge in [0.25, 0.3) is 0 Å². The minimum atomic E-state index is -0.564. The van der Waals surface area contributed by atoms with Crippen molar-refractivity contribution in [3.05, 3.63) is 71.9 Å². The van der Waals surface area contributed by atoms with E-state index in [4.69, 9.17) is 10.7 Å². The van der Waals surface area contributed by atoms with E-state index in [1.165, 1.54) is 0 Å². The third-order valence-electron chi connectivity index (χ3n) is 4.00. The van der Waals surface area contributed by atoms with Crippen LogP contribution < -0.4 is 11.1 Å². The van der Waals surface area contributed by atoms with Crippen molar-refractivity contribution in [3.63, 3.8) is 0 Å². The summed E-state index contributed by atoms with van der Waals surface area (Å²) in [7, 11) is 0. The predicted octanol–water partition coefficient (Wildman–Crippen LogP) is 3.77. The van der Waals surface area contributed by atoms with Gasteiger partial charge in [0.05, 0.1) is 24.5 Å². The van der Waals surface area contributed by atoms with E-state index in [9.17, 15) is 4.79 Å². The lowest BCUT2D eigenvalue weighted by Crippen LogP contribution is -2.30. The molecule has 0 radical (unpaired) electrons. The number of rotatable bonds is 7. The number of imidazole rings is 1. The van der Waals surface area contributed by atoms with E-state index in [1.807, 2.05) is 36.4 Å². The van der Waals surface area contributed by atoms with E-state index in [1.54, 1.807) is 18.0 Å². The molecule has 0 saturated carbocycles. The molecule has 7 heteroatoms. The van der Waals surface area contributed by atoms with Gasteiger partial charge in [-0.15, -0.1) is 0 Å². The minimum absolute atomic E-state index is 0.244. The predicted molar refractivity (Wildman–Crippen MR) is 107 cm³/mol. The van der Waals surface area contributed by atoms with Gasteiger partial charge in [-0.25, -0.2) is 9.78 Å². The van der Waals surface area contributed by atoms with Crippen LogP contribution in [0.5, 0.6) is 0 Å². The maximum Gasteiger partial charge on any atom is 0.312 e. The fourth-order valence-electron chi connectivity index (χ4n) is 2.70. The summed E-state index contributed by atoms with van der Waals surface area (Å²) in [5.74, 6) is 1.01. The Bertz CT molecular complexity index is 893. The lowest BCUT2D eigenvalue weighted by molar-refractivity contribution is 0.248. The molecule has 0 spiro atoms. The Morgan fingerprint density at radius 3 is 2.56 bits per heavy atom. The van der Waals surface area contributed by atoms with Gasteiger partial charge in [0.15, 0.2) is 0 Å². The summed E-state index contributed by atoms with van der Waals surface area (Å²) >= 11 is 1.67.